The summed E-state index contributed by atoms with van der Waals surface area (Å²) in [7, 11) is 2.03. The van der Waals surface area contributed by atoms with Gasteiger partial charge < -0.3 is 10.2 Å². The van der Waals surface area contributed by atoms with Crippen LogP contribution in [0, 0.1) is 0 Å². The molecule has 0 aliphatic heterocycles. The molecule has 0 saturated carbocycles. The highest BCUT2D eigenvalue weighted by Crippen LogP contribution is 2.18. The summed E-state index contributed by atoms with van der Waals surface area (Å²) in [6, 6.07) is 9.46. The molecule has 0 aliphatic rings. The van der Waals surface area contributed by atoms with Crippen LogP contribution in [-0.4, -0.2) is 11.9 Å². The minimum atomic E-state index is 0.673. The van der Waals surface area contributed by atoms with Crippen LogP contribution in [-0.2, 0) is 13.1 Å². The Bertz CT molecular complexity index is 462. The topological polar surface area (TPSA) is 42.4 Å². The summed E-state index contributed by atoms with van der Waals surface area (Å²) in [5.74, 6) is 0.947. The second-order valence-electron chi connectivity index (χ2n) is 4.14. The molecule has 0 bridgehead atoms. The molecule has 0 spiro atoms. The van der Waals surface area contributed by atoms with E-state index in [4.69, 9.17) is 21.8 Å². The van der Waals surface area contributed by atoms with Crippen molar-refractivity contribution in [3.8, 4) is 0 Å². The molecular formula is C13H15ClN2O. The van der Waals surface area contributed by atoms with E-state index in [0.717, 1.165) is 24.4 Å². The van der Waals surface area contributed by atoms with Gasteiger partial charge in [-0.05, 0) is 42.9 Å². The van der Waals surface area contributed by atoms with Crippen molar-refractivity contribution in [2.45, 2.75) is 13.1 Å². The third-order valence-electron chi connectivity index (χ3n) is 2.44. The van der Waals surface area contributed by atoms with Gasteiger partial charge in [0.1, 0.15) is 5.76 Å². The lowest BCUT2D eigenvalue weighted by Crippen LogP contribution is -2.16. The van der Waals surface area contributed by atoms with Crippen molar-refractivity contribution in [3.05, 3.63) is 52.9 Å². The van der Waals surface area contributed by atoms with Crippen LogP contribution < -0.4 is 5.73 Å². The smallest absolute Gasteiger partial charge is 0.117 e. The molecular weight excluding hydrogens is 236 g/mol. The second kappa shape index (κ2) is 5.25. The Morgan fingerprint density at radius 1 is 1.29 bits per heavy atom. The standard InChI is InChI=1S/C13H15ClN2O/c1-16(9-13-3-2-4-17-13)8-10-5-11(14)7-12(15)6-10/h2-7H,8-9,15H2,1H3. The number of furan rings is 1. The molecule has 0 amide bonds. The highest BCUT2D eigenvalue weighted by molar-refractivity contribution is 6.30. The molecule has 1 aromatic heterocycles. The van der Waals surface area contributed by atoms with E-state index in [0.29, 0.717) is 10.7 Å². The van der Waals surface area contributed by atoms with Gasteiger partial charge >= 0.3 is 0 Å². The van der Waals surface area contributed by atoms with Crippen LogP contribution in [0.2, 0.25) is 5.02 Å². The third kappa shape index (κ3) is 3.51. The molecule has 4 heteroatoms. The van der Waals surface area contributed by atoms with E-state index < -0.39 is 0 Å². The molecule has 0 radical (unpaired) electrons. The van der Waals surface area contributed by atoms with Crippen molar-refractivity contribution >= 4 is 17.3 Å². The number of anilines is 1. The lowest BCUT2D eigenvalue weighted by Gasteiger charge is -2.15. The van der Waals surface area contributed by atoms with Gasteiger partial charge in [-0.2, -0.15) is 0 Å². The van der Waals surface area contributed by atoms with Crippen LogP contribution >= 0.6 is 11.6 Å². The van der Waals surface area contributed by atoms with Gasteiger partial charge in [0.15, 0.2) is 0 Å². The maximum Gasteiger partial charge on any atom is 0.117 e. The zero-order chi connectivity index (χ0) is 12.3. The lowest BCUT2D eigenvalue weighted by molar-refractivity contribution is 0.288. The van der Waals surface area contributed by atoms with E-state index in [2.05, 4.69) is 4.90 Å². The predicted octanol–water partition coefficient (Wildman–Crippen LogP) is 3.15. The predicted molar refractivity (Wildman–Crippen MR) is 69.7 cm³/mol. The van der Waals surface area contributed by atoms with Crippen LogP contribution in [0.25, 0.3) is 0 Å². The van der Waals surface area contributed by atoms with Crippen LogP contribution in [0.4, 0.5) is 5.69 Å². The minimum Gasteiger partial charge on any atom is -0.468 e. The van der Waals surface area contributed by atoms with Crippen molar-refractivity contribution in [1.29, 1.82) is 0 Å². The summed E-state index contributed by atoms with van der Waals surface area (Å²) in [6.45, 7) is 1.55. The summed E-state index contributed by atoms with van der Waals surface area (Å²) in [4.78, 5) is 2.14. The molecule has 0 aliphatic carbocycles. The molecule has 0 unspecified atom stereocenters. The summed E-state index contributed by atoms with van der Waals surface area (Å²) >= 11 is 5.96. The minimum absolute atomic E-state index is 0.673. The summed E-state index contributed by atoms with van der Waals surface area (Å²) < 4.78 is 5.30. The van der Waals surface area contributed by atoms with Gasteiger partial charge in [0, 0.05) is 17.3 Å². The number of nitrogens with two attached hydrogens (primary N) is 1. The summed E-state index contributed by atoms with van der Waals surface area (Å²) in [6.07, 6.45) is 1.68. The molecule has 1 aromatic carbocycles. The number of rotatable bonds is 4. The van der Waals surface area contributed by atoms with Gasteiger partial charge in [0.25, 0.3) is 0 Å². The van der Waals surface area contributed by atoms with Crippen LogP contribution in [0.5, 0.6) is 0 Å². The van der Waals surface area contributed by atoms with E-state index in [1.807, 2.05) is 31.3 Å². The Morgan fingerprint density at radius 2 is 2.12 bits per heavy atom. The Balaban J connectivity index is 2.00. The maximum absolute atomic E-state index is 5.96. The fraction of sp³-hybridized carbons (Fsp3) is 0.231. The first-order chi connectivity index (χ1) is 8.13. The van der Waals surface area contributed by atoms with Crippen molar-refractivity contribution < 1.29 is 4.42 Å². The molecule has 0 saturated heterocycles. The molecule has 3 nitrogen and oxygen atoms in total. The van der Waals surface area contributed by atoms with E-state index in [1.54, 1.807) is 12.3 Å². The molecule has 1 heterocycles. The fourth-order valence-corrected chi connectivity index (χ4v) is 2.07. The molecule has 17 heavy (non-hydrogen) atoms. The SMILES string of the molecule is CN(Cc1cc(N)cc(Cl)c1)Cc1ccco1. The van der Waals surface area contributed by atoms with Gasteiger partial charge in [0.2, 0.25) is 0 Å². The summed E-state index contributed by atoms with van der Waals surface area (Å²) in [5.41, 5.74) is 7.54. The zero-order valence-corrected chi connectivity index (χ0v) is 10.4. The quantitative estimate of drug-likeness (QED) is 0.848. The van der Waals surface area contributed by atoms with E-state index >= 15 is 0 Å². The normalized spacial score (nSPS) is 11.0. The first-order valence-electron chi connectivity index (χ1n) is 5.39. The molecule has 2 rings (SSSR count). The first-order valence-corrected chi connectivity index (χ1v) is 5.77. The Labute approximate surface area is 106 Å². The van der Waals surface area contributed by atoms with Crippen LogP contribution in [0.3, 0.4) is 0 Å². The fourth-order valence-electron chi connectivity index (χ4n) is 1.80. The third-order valence-corrected chi connectivity index (χ3v) is 2.66. The highest BCUT2D eigenvalue weighted by atomic mass is 35.5. The lowest BCUT2D eigenvalue weighted by atomic mass is 10.2. The molecule has 90 valence electrons. The Morgan fingerprint density at radius 3 is 2.76 bits per heavy atom. The highest BCUT2D eigenvalue weighted by Gasteiger charge is 2.05. The molecule has 2 N–H and O–H groups in total. The van der Waals surface area contributed by atoms with Crippen molar-refractivity contribution in [3.63, 3.8) is 0 Å². The molecule has 2 aromatic rings. The monoisotopic (exact) mass is 250 g/mol. The zero-order valence-electron chi connectivity index (χ0n) is 9.69. The van der Waals surface area contributed by atoms with Gasteiger partial charge in [0.05, 0.1) is 12.8 Å². The number of nitrogen functional groups attached to an aromatic ring is 1. The van der Waals surface area contributed by atoms with Crippen LogP contribution in [0.1, 0.15) is 11.3 Å². The van der Waals surface area contributed by atoms with Crippen molar-refractivity contribution in [2.24, 2.45) is 0 Å². The molecule has 0 fully saturated rings. The van der Waals surface area contributed by atoms with Crippen molar-refractivity contribution in [2.75, 3.05) is 12.8 Å². The number of halogens is 1. The maximum atomic E-state index is 5.96. The number of benzene rings is 1. The van der Waals surface area contributed by atoms with Crippen LogP contribution in [0.15, 0.2) is 41.0 Å². The average Bonchev–Trinajstić information content (AvgIpc) is 2.67. The second-order valence-corrected chi connectivity index (χ2v) is 4.58. The summed E-state index contributed by atoms with van der Waals surface area (Å²) in [5, 5.41) is 0.673. The van der Waals surface area contributed by atoms with E-state index in [9.17, 15) is 0 Å². The molecule has 0 atom stereocenters. The van der Waals surface area contributed by atoms with Gasteiger partial charge in [-0.15, -0.1) is 0 Å². The van der Waals surface area contributed by atoms with E-state index in [1.165, 1.54) is 0 Å². The first kappa shape index (κ1) is 12.0. The number of hydrogen-bond donors (Lipinski definition) is 1. The van der Waals surface area contributed by atoms with Crippen molar-refractivity contribution in [1.82, 2.24) is 4.90 Å². The van der Waals surface area contributed by atoms with Gasteiger partial charge in [-0.1, -0.05) is 11.6 Å². The largest absolute Gasteiger partial charge is 0.468 e. The Kier molecular flexibility index (Phi) is 3.71. The van der Waals surface area contributed by atoms with Gasteiger partial charge in [-0.3, -0.25) is 4.90 Å². The van der Waals surface area contributed by atoms with E-state index in [-0.39, 0.29) is 0 Å². The average molecular weight is 251 g/mol. The Hall–Kier alpha value is -1.45. The number of nitrogens with zero attached hydrogens (tertiary/aromatic N) is 1. The number of hydrogen-bond acceptors (Lipinski definition) is 3. The van der Waals surface area contributed by atoms with Gasteiger partial charge in [-0.25, -0.2) is 0 Å².